The zero-order chi connectivity index (χ0) is 19.1. The molecule has 0 atom stereocenters. The van der Waals surface area contributed by atoms with Gasteiger partial charge in [-0.2, -0.15) is 0 Å². The van der Waals surface area contributed by atoms with Crippen molar-refractivity contribution in [1.29, 1.82) is 0 Å². The summed E-state index contributed by atoms with van der Waals surface area (Å²) >= 11 is 0. The first-order valence-corrected chi connectivity index (χ1v) is 9.12. The lowest BCUT2D eigenvalue weighted by molar-refractivity contribution is 0.0944. The van der Waals surface area contributed by atoms with Crippen molar-refractivity contribution in [2.45, 2.75) is 19.3 Å². The lowest BCUT2D eigenvalue weighted by Gasteiger charge is -2.32. The van der Waals surface area contributed by atoms with E-state index in [2.05, 4.69) is 15.6 Å². The van der Waals surface area contributed by atoms with Crippen LogP contribution < -0.4 is 10.6 Å². The Hall–Kier alpha value is -2.96. The fourth-order valence-electron chi connectivity index (χ4n) is 3.14. The summed E-state index contributed by atoms with van der Waals surface area (Å²) in [7, 11) is 0. The van der Waals surface area contributed by atoms with Crippen molar-refractivity contribution >= 4 is 17.6 Å². The molecule has 1 aromatic carbocycles. The molecule has 1 aliphatic heterocycles. The maximum absolute atomic E-state index is 12.9. The van der Waals surface area contributed by atoms with Gasteiger partial charge in [0.25, 0.3) is 5.91 Å². The minimum Gasteiger partial charge on any atom is -0.351 e. The van der Waals surface area contributed by atoms with Crippen molar-refractivity contribution in [2.24, 2.45) is 5.92 Å². The third kappa shape index (κ3) is 5.51. The van der Waals surface area contributed by atoms with Crippen LogP contribution in [0.1, 0.15) is 29.8 Å². The van der Waals surface area contributed by atoms with Gasteiger partial charge in [0.2, 0.25) is 0 Å². The Morgan fingerprint density at radius 2 is 1.85 bits per heavy atom. The number of nitrogens with zero attached hydrogens (tertiary/aromatic N) is 2. The number of hydrogen-bond donors (Lipinski definition) is 2. The molecular formula is C20H23FN4O2. The van der Waals surface area contributed by atoms with Gasteiger partial charge in [-0.05, 0) is 61.6 Å². The molecule has 3 rings (SSSR count). The average molecular weight is 370 g/mol. The van der Waals surface area contributed by atoms with Gasteiger partial charge in [0.05, 0.1) is 0 Å². The number of urea groups is 1. The number of carbonyl (C=O) groups excluding carboxylic acids is 2. The van der Waals surface area contributed by atoms with Gasteiger partial charge in [0.1, 0.15) is 11.5 Å². The number of nitrogens with one attached hydrogen (secondary N) is 2. The quantitative estimate of drug-likeness (QED) is 0.848. The normalized spacial score (nSPS) is 14.6. The molecule has 6 nitrogen and oxygen atoms in total. The van der Waals surface area contributed by atoms with E-state index in [1.165, 1.54) is 12.1 Å². The van der Waals surface area contributed by atoms with E-state index in [1.807, 2.05) is 0 Å². The van der Waals surface area contributed by atoms with E-state index < -0.39 is 0 Å². The number of carbonyl (C=O) groups is 2. The van der Waals surface area contributed by atoms with Crippen molar-refractivity contribution < 1.29 is 14.0 Å². The lowest BCUT2D eigenvalue weighted by Crippen LogP contribution is -2.41. The third-order valence-electron chi connectivity index (χ3n) is 4.73. The smallest absolute Gasteiger partial charge is 0.321 e. The van der Waals surface area contributed by atoms with E-state index in [9.17, 15) is 14.0 Å². The van der Waals surface area contributed by atoms with Crippen LogP contribution >= 0.6 is 0 Å². The molecule has 27 heavy (non-hydrogen) atoms. The van der Waals surface area contributed by atoms with Gasteiger partial charge >= 0.3 is 6.03 Å². The van der Waals surface area contributed by atoms with Crippen LogP contribution in [0.15, 0.2) is 48.7 Å². The van der Waals surface area contributed by atoms with E-state index in [-0.39, 0.29) is 17.8 Å². The largest absolute Gasteiger partial charge is 0.351 e. The summed E-state index contributed by atoms with van der Waals surface area (Å²) < 4.78 is 12.9. The van der Waals surface area contributed by atoms with E-state index >= 15 is 0 Å². The van der Waals surface area contributed by atoms with Gasteiger partial charge in [-0.1, -0.05) is 6.07 Å². The summed E-state index contributed by atoms with van der Waals surface area (Å²) in [5.74, 6) is -0.0143. The first-order valence-electron chi connectivity index (χ1n) is 9.12. The van der Waals surface area contributed by atoms with E-state index in [1.54, 1.807) is 41.4 Å². The van der Waals surface area contributed by atoms with Crippen LogP contribution in [0.4, 0.5) is 14.9 Å². The Kier molecular flexibility index (Phi) is 6.35. The predicted molar refractivity (Wildman–Crippen MR) is 101 cm³/mol. The molecule has 142 valence electrons. The summed E-state index contributed by atoms with van der Waals surface area (Å²) in [5.41, 5.74) is 1.01. The monoisotopic (exact) mass is 370 g/mol. The van der Waals surface area contributed by atoms with Crippen LogP contribution in [0.5, 0.6) is 0 Å². The fraction of sp³-hybridized carbons (Fsp3) is 0.350. The molecule has 0 unspecified atom stereocenters. The van der Waals surface area contributed by atoms with Crippen molar-refractivity contribution in [1.82, 2.24) is 15.2 Å². The summed E-state index contributed by atoms with van der Waals surface area (Å²) in [6, 6.07) is 10.8. The van der Waals surface area contributed by atoms with Crippen molar-refractivity contribution in [3.05, 3.63) is 60.2 Å². The highest BCUT2D eigenvalue weighted by Crippen LogP contribution is 2.21. The topological polar surface area (TPSA) is 74.3 Å². The number of halogens is 1. The zero-order valence-electron chi connectivity index (χ0n) is 15.0. The van der Waals surface area contributed by atoms with Gasteiger partial charge in [-0.3, -0.25) is 9.78 Å². The molecule has 0 radical (unpaired) electrons. The Morgan fingerprint density at radius 3 is 2.52 bits per heavy atom. The van der Waals surface area contributed by atoms with Crippen LogP contribution in [0, 0.1) is 11.7 Å². The molecule has 7 heteroatoms. The number of amides is 3. The van der Waals surface area contributed by atoms with Crippen LogP contribution in [0.3, 0.4) is 0 Å². The summed E-state index contributed by atoms with van der Waals surface area (Å²) in [6.07, 6.45) is 4.28. The predicted octanol–water partition coefficient (Wildman–Crippen LogP) is 3.28. The number of anilines is 1. The molecule has 3 amide bonds. The summed E-state index contributed by atoms with van der Waals surface area (Å²) in [6.45, 7) is 1.94. The van der Waals surface area contributed by atoms with Crippen molar-refractivity contribution in [2.75, 3.05) is 25.0 Å². The lowest BCUT2D eigenvalue weighted by atomic mass is 9.93. The van der Waals surface area contributed by atoms with Crippen LogP contribution in [-0.4, -0.2) is 41.5 Å². The van der Waals surface area contributed by atoms with Crippen LogP contribution in [-0.2, 0) is 0 Å². The molecule has 1 saturated heterocycles. The van der Waals surface area contributed by atoms with Crippen molar-refractivity contribution in [3.8, 4) is 0 Å². The Morgan fingerprint density at radius 1 is 1.11 bits per heavy atom. The van der Waals surface area contributed by atoms with Gasteiger partial charge < -0.3 is 15.5 Å². The van der Waals surface area contributed by atoms with Gasteiger partial charge in [0.15, 0.2) is 0 Å². The second kappa shape index (κ2) is 9.12. The maximum atomic E-state index is 12.9. The highest BCUT2D eigenvalue weighted by Gasteiger charge is 2.22. The van der Waals surface area contributed by atoms with Crippen LogP contribution in [0.2, 0.25) is 0 Å². The van der Waals surface area contributed by atoms with Gasteiger partial charge in [-0.15, -0.1) is 0 Å². The molecule has 0 spiro atoms. The number of pyridine rings is 1. The van der Waals surface area contributed by atoms with Gasteiger partial charge in [-0.25, -0.2) is 9.18 Å². The average Bonchev–Trinajstić information content (AvgIpc) is 2.71. The minimum atomic E-state index is -0.330. The SMILES string of the molecule is O=C(NCCC1CCN(C(=O)Nc2ccc(F)cc2)CC1)c1ccccn1. The summed E-state index contributed by atoms with van der Waals surface area (Å²) in [4.78, 5) is 30.0. The molecule has 0 aliphatic carbocycles. The molecule has 1 aromatic heterocycles. The number of likely N-dealkylation sites (tertiary alicyclic amines) is 1. The molecule has 2 N–H and O–H groups in total. The highest BCUT2D eigenvalue weighted by atomic mass is 19.1. The Bertz CT molecular complexity index is 759. The Balaban J connectivity index is 1.36. The van der Waals surface area contributed by atoms with E-state index in [0.29, 0.717) is 36.9 Å². The minimum absolute atomic E-state index is 0.160. The molecule has 2 heterocycles. The second-order valence-electron chi connectivity index (χ2n) is 6.63. The number of piperidine rings is 1. The van der Waals surface area contributed by atoms with Gasteiger partial charge in [0, 0.05) is 31.5 Å². The number of rotatable bonds is 5. The second-order valence-corrected chi connectivity index (χ2v) is 6.63. The van der Waals surface area contributed by atoms with Crippen molar-refractivity contribution in [3.63, 3.8) is 0 Å². The zero-order valence-corrected chi connectivity index (χ0v) is 15.0. The maximum Gasteiger partial charge on any atom is 0.321 e. The highest BCUT2D eigenvalue weighted by molar-refractivity contribution is 5.92. The molecule has 2 aromatic rings. The molecule has 0 saturated carbocycles. The molecule has 1 fully saturated rings. The van der Waals surface area contributed by atoms with E-state index in [4.69, 9.17) is 0 Å². The fourth-order valence-corrected chi connectivity index (χ4v) is 3.14. The number of benzene rings is 1. The van der Waals surface area contributed by atoms with E-state index in [0.717, 1.165) is 19.3 Å². The first-order chi connectivity index (χ1) is 13.1. The third-order valence-corrected chi connectivity index (χ3v) is 4.73. The molecule has 1 aliphatic rings. The standard InChI is InChI=1S/C20H23FN4O2/c21-16-4-6-17(7-5-16)24-20(27)25-13-9-15(10-14-25)8-12-23-19(26)18-3-1-2-11-22-18/h1-7,11,15H,8-10,12-14H2,(H,23,26)(H,24,27). The summed E-state index contributed by atoms with van der Waals surface area (Å²) in [5, 5.41) is 5.68. The molecular weight excluding hydrogens is 347 g/mol. The van der Waals surface area contributed by atoms with Crippen LogP contribution in [0.25, 0.3) is 0 Å². The first kappa shape index (κ1) is 18.8. The number of aromatic nitrogens is 1. The molecule has 0 bridgehead atoms. The number of hydrogen-bond acceptors (Lipinski definition) is 3. The Labute approximate surface area is 157 Å².